The predicted octanol–water partition coefficient (Wildman–Crippen LogP) is 2.62. The zero-order valence-corrected chi connectivity index (χ0v) is 15.3. The lowest BCUT2D eigenvalue weighted by molar-refractivity contribution is -0.166. The highest BCUT2D eigenvalue weighted by molar-refractivity contribution is 5.84. The van der Waals surface area contributed by atoms with Crippen molar-refractivity contribution in [1.29, 1.82) is 0 Å². The average Bonchev–Trinajstić information content (AvgIpc) is 3.03. The Morgan fingerprint density at radius 3 is 2.46 bits per heavy atom. The summed E-state index contributed by atoms with van der Waals surface area (Å²) < 4.78 is 10.5. The molecule has 1 aliphatic heterocycles. The summed E-state index contributed by atoms with van der Waals surface area (Å²) >= 11 is 0. The molecule has 142 valence electrons. The molecule has 2 rings (SSSR count). The van der Waals surface area contributed by atoms with E-state index in [1.165, 1.54) is 4.90 Å². The third-order valence-electron chi connectivity index (χ3n) is 3.95. The van der Waals surface area contributed by atoms with Crippen LogP contribution in [-0.4, -0.2) is 52.3 Å². The van der Waals surface area contributed by atoms with Crippen molar-refractivity contribution in [2.75, 3.05) is 6.54 Å². The molecular weight excluding hydrogens is 338 g/mol. The number of nitrogens with zero attached hydrogens (tertiary/aromatic N) is 1. The smallest absolute Gasteiger partial charge is 0.411 e. The molecular formula is C19H25NO6. The van der Waals surface area contributed by atoms with Gasteiger partial charge in [0.05, 0.1) is 0 Å². The van der Waals surface area contributed by atoms with E-state index in [0.717, 1.165) is 5.56 Å². The summed E-state index contributed by atoms with van der Waals surface area (Å²) in [5.41, 5.74) is 0.0773. The van der Waals surface area contributed by atoms with Crippen molar-refractivity contribution in [3.05, 3.63) is 35.9 Å². The van der Waals surface area contributed by atoms with Crippen molar-refractivity contribution >= 4 is 18.0 Å². The molecule has 0 bridgehead atoms. The van der Waals surface area contributed by atoms with E-state index in [-0.39, 0.29) is 6.42 Å². The Hall–Kier alpha value is -2.57. The van der Waals surface area contributed by atoms with Crippen LogP contribution in [0.15, 0.2) is 30.3 Å². The molecule has 0 unspecified atom stereocenters. The number of ether oxygens (including phenoxy) is 2. The largest absolute Gasteiger partial charge is 0.478 e. The van der Waals surface area contributed by atoms with Gasteiger partial charge in [0.2, 0.25) is 6.10 Å². The van der Waals surface area contributed by atoms with Crippen LogP contribution in [0.4, 0.5) is 4.79 Å². The molecule has 7 nitrogen and oxygen atoms in total. The van der Waals surface area contributed by atoms with Crippen molar-refractivity contribution in [3.63, 3.8) is 0 Å². The van der Waals surface area contributed by atoms with Crippen LogP contribution in [0.25, 0.3) is 0 Å². The van der Waals surface area contributed by atoms with Crippen LogP contribution in [0, 0.1) is 0 Å². The number of rotatable bonds is 5. The van der Waals surface area contributed by atoms with E-state index < -0.39 is 35.8 Å². The van der Waals surface area contributed by atoms with Crippen molar-refractivity contribution in [1.82, 2.24) is 4.90 Å². The molecule has 0 aliphatic carbocycles. The molecule has 26 heavy (non-hydrogen) atoms. The van der Waals surface area contributed by atoms with Gasteiger partial charge in [-0.3, -0.25) is 4.90 Å². The number of likely N-dealkylation sites (tertiary alicyclic amines) is 1. The first-order valence-corrected chi connectivity index (χ1v) is 8.64. The first-order chi connectivity index (χ1) is 12.2. The number of esters is 1. The van der Waals surface area contributed by atoms with E-state index in [0.29, 0.717) is 19.4 Å². The Labute approximate surface area is 152 Å². The zero-order valence-electron chi connectivity index (χ0n) is 15.3. The Balaban J connectivity index is 2.03. The van der Waals surface area contributed by atoms with Crippen LogP contribution in [0.3, 0.4) is 0 Å². The highest BCUT2D eigenvalue weighted by Gasteiger charge is 2.39. The number of carboxylic acid groups (broad SMARTS) is 1. The maximum absolute atomic E-state index is 12.5. The molecule has 7 heteroatoms. The first-order valence-electron chi connectivity index (χ1n) is 8.64. The molecule has 0 saturated carbocycles. The van der Waals surface area contributed by atoms with Gasteiger partial charge < -0.3 is 14.6 Å². The fraction of sp³-hybridized carbons (Fsp3) is 0.526. The quantitative estimate of drug-likeness (QED) is 0.809. The number of hydrogen-bond donors (Lipinski definition) is 1. The van der Waals surface area contributed by atoms with Crippen molar-refractivity contribution in [2.24, 2.45) is 0 Å². The number of hydrogen-bond acceptors (Lipinski definition) is 5. The Bertz CT molecular complexity index is 652. The molecule has 1 aromatic carbocycles. The SMILES string of the molecule is CC(C)(C)OC(=O)N1CCC[C@@H]1C(=O)O[C@@H](Cc1ccccc1)C(=O)O. The lowest BCUT2D eigenvalue weighted by Crippen LogP contribution is -2.45. The zero-order chi connectivity index (χ0) is 19.3. The second kappa shape index (κ2) is 8.21. The summed E-state index contributed by atoms with van der Waals surface area (Å²) in [7, 11) is 0. The number of carbonyl (C=O) groups is 3. The second-order valence-electron chi connectivity index (χ2n) is 7.29. The lowest BCUT2D eigenvalue weighted by Gasteiger charge is -2.28. The van der Waals surface area contributed by atoms with Gasteiger partial charge in [-0.05, 0) is 39.2 Å². The molecule has 1 heterocycles. The summed E-state index contributed by atoms with van der Waals surface area (Å²) in [5.74, 6) is -1.93. The van der Waals surface area contributed by atoms with Gasteiger partial charge in [0, 0.05) is 13.0 Å². The summed E-state index contributed by atoms with van der Waals surface area (Å²) in [4.78, 5) is 37.6. The van der Waals surface area contributed by atoms with E-state index in [4.69, 9.17) is 9.47 Å². The molecule has 2 atom stereocenters. The van der Waals surface area contributed by atoms with Crippen molar-refractivity contribution in [2.45, 2.75) is 57.8 Å². The first kappa shape index (κ1) is 19.8. The highest BCUT2D eigenvalue weighted by Crippen LogP contribution is 2.22. The Morgan fingerprint density at radius 1 is 1.23 bits per heavy atom. The average molecular weight is 363 g/mol. The lowest BCUT2D eigenvalue weighted by atomic mass is 10.1. The minimum Gasteiger partial charge on any atom is -0.478 e. The standard InChI is InChI=1S/C19H25NO6/c1-19(2,3)26-18(24)20-11-7-10-14(20)17(23)25-15(16(21)22)12-13-8-5-4-6-9-13/h4-6,8-9,14-15H,7,10-12H2,1-3H3,(H,21,22)/t14-,15+/m1/s1. The normalized spacial score (nSPS) is 18.3. The van der Waals surface area contributed by atoms with Gasteiger partial charge in [-0.15, -0.1) is 0 Å². The van der Waals surface area contributed by atoms with Crippen LogP contribution in [0.5, 0.6) is 0 Å². The van der Waals surface area contributed by atoms with Crippen LogP contribution in [0.2, 0.25) is 0 Å². The van der Waals surface area contributed by atoms with E-state index in [1.807, 2.05) is 6.07 Å². The molecule has 1 aromatic rings. The molecule has 1 aliphatic rings. The molecule has 1 saturated heterocycles. The van der Waals surface area contributed by atoms with Gasteiger partial charge >= 0.3 is 18.0 Å². The Morgan fingerprint density at radius 2 is 1.88 bits per heavy atom. The number of benzene rings is 1. The summed E-state index contributed by atoms with van der Waals surface area (Å²) in [6.45, 7) is 5.61. The summed E-state index contributed by atoms with van der Waals surface area (Å²) in [5, 5.41) is 9.37. The van der Waals surface area contributed by atoms with Gasteiger partial charge in [-0.2, -0.15) is 0 Å². The van der Waals surface area contributed by atoms with Gasteiger partial charge in [0.25, 0.3) is 0 Å². The Kier molecular flexibility index (Phi) is 6.23. The number of amides is 1. The fourth-order valence-corrected chi connectivity index (χ4v) is 2.78. The number of carbonyl (C=O) groups excluding carboxylic acids is 2. The number of carboxylic acids is 1. The summed E-state index contributed by atoms with van der Waals surface area (Å²) in [6.07, 6.45) is -0.760. The van der Waals surface area contributed by atoms with Crippen LogP contribution in [-0.2, 0) is 25.5 Å². The van der Waals surface area contributed by atoms with Crippen LogP contribution >= 0.6 is 0 Å². The maximum Gasteiger partial charge on any atom is 0.411 e. The minimum atomic E-state index is -1.30. The van der Waals surface area contributed by atoms with Crippen molar-refractivity contribution < 1.29 is 29.0 Å². The molecule has 0 radical (unpaired) electrons. The van der Waals surface area contributed by atoms with E-state index in [9.17, 15) is 19.5 Å². The third-order valence-corrected chi connectivity index (χ3v) is 3.95. The van der Waals surface area contributed by atoms with Crippen LogP contribution < -0.4 is 0 Å². The van der Waals surface area contributed by atoms with Gasteiger partial charge in [-0.25, -0.2) is 14.4 Å². The highest BCUT2D eigenvalue weighted by atomic mass is 16.6. The topological polar surface area (TPSA) is 93.1 Å². The summed E-state index contributed by atoms with van der Waals surface area (Å²) in [6, 6.07) is 8.12. The van der Waals surface area contributed by atoms with Gasteiger partial charge in [0.1, 0.15) is 11.6 Å². The van der Waals surface area contributed by atoms with Crippen molar-refractivity contribution in [3.8, 4) is 0 Å². The number of aliphatic carboxylic acids is 1. The van der Waals surface area contributed by atoms with Gasteiger partial charge in [0.15, 0.2) is 0 Å². The predicted molar refractivity (Wildman–Crippen MR) is 93.6 cm³/mol. The molecule has 1 N–H and O–H groups in total. The maximum atomic E-state index is 12.5. The van der Waals surface area contributed by atoms with E-state index >= 15 is 0 Å². The monoisotopic (exact) mass is 363 g/mol. The fourth-order valence-electron chi connectivity index (χ4n) is 2.78. The van der Waals surface area contributed by atoms with Gasteiger partial charge in [-0.1, -0.05) is 30.3 Å². The third kappa shape index (κ3) is 5.47. The second-order valence-corrected chi connectivity index (χ2v) is 7.29. The molecule has 1 fully saturated rings. The molecule has 1 amide bonds. The minimum absolute atomic E-state index is 0.0705. The molecule has 0 spiro atoms. The molecule has 0 aromatic heterocycles. The van der Waals surface area contributed by atoms with E-state index in [2.05, 4.69) is 0 Å². The van der Waals surface area contributed by atoms with E-state index in [1.54, 1.807) is 45.0 Å². The van der Waals surface area contributed by atoms with Crippen LogP contribution in [0.1, 0.15) is 39.2 Å².